The number of nitrogens with one attached hydrogen (secondary N) is 1. The van der Waals surface area contributed by atoms with Crippen LogP contribution in [0.1, 0.15) is 5.01 Å². The van der Waals surface area contributed by atoms with Crippen molar-refractivity contribution in [1.82, 2.24) is 14.8 Å². The summed E-state index contributed by atoms with van der Waals surface area (Å²) in [4.78, 5) is 30.6. The minimum atomic E-state index is -0.415. The van der Waals surface area contributed by atoms with Crippen molar-refractivity contribution < 1.29 is 14.3 Å². The molecule has 0 aliphatic heterocycles. The monoisotopic (exact) mass is 486 g/mol. The molecule has 0 saturated heterocycles. The van der Waals surface area contributed by atoms with Gasteiger partial charge in [-0.05, 0) is 36.6 Å². The summed E-state index contributed by atoms with van der Waals surface area (Å²) in [6, 6.07) is 18.9. The number of hydrogen-bond donors (Lipinski definition) is 1. The van der Waals surface area contributed by atoms with Gasteiger partial charge in [-0.3, -0.25) is 9.59 Å². The number of aryl methyl sites for hydroxylation is 1. The number of thiazole rings is 1. The minimum absolute atomic E-state index is 0.255. The number of fused-ring (bicyclic) bond motifs is 2. The molecule has 0 spiro atoms. The molecule has 2 heterocycles. The summed E-state index contributed by atoms with van der Waals surface area (Å²) in [6.45, 7) is 1.58. The van der Waals surface area contributed by atoms with Crippen LogP contribution in [-0.2, 0) is 11.3 Å². The predicted molar refractivity (Wildman–Crippen MR) is 138 cm³/mol. The van der Waals surface area contributed by atoms with Crippen LogP contribution in [0.15, 0.2) is 65.5 Å². The predicted octanol–water partition coefficient (Wildman–Crippen LogP) is 4.64. The van der Waals surface area contributed by atoms with Gasteiger partial charge in [0.05, 0.1) is 23.9 Å². The number of carbonyl (C=O) groups is 1. The highest BCUT2D eigenvalue weighted by Crippen LogP contribution is 2.35. The Morgan fingerprint density at radius 3 is 2.60 bits per heavy atom. The van der Waals surface area contributed by atoms with Gasteiger partial charge in [0.25, 0.3) is 5.56 Å². The number of nitrogens with zero attached hydrogens (tertiary/aromatic N) is 3. The van der Waals surface area contributed by atoms with Gasteiger partial charge in [-0.25, -0.2) is 9.67 Å². The van der Waals surface area contributed by atoms with E-state index in [4.69, 9.17) is 9.47 Å². The molecule has 0 radical (unpaired) electrons. The Morgan fingerprint density at radius 2 is 1.80 bits per heavy atom. The van der Waals surface area contributed by atoms with Crippen LogP contribution < -0.4 is 20.3 Å². The molecule has 3 aromatic carbocycles. The Labute approximate surface area is 204 Å². The largest absolute Gasteiger partial charge is 0.493 e. The highest BCUT2D eigenvalue weighted by Gasteiger charge is 2.19. The molecule has 2 aromatic heterocycles. The quantitative estimate of drug-likeness (QED) is 0.376. The highest BCUT2D eigenvalue weighted by atomic mass is 32.1. The number of aromatic nitrogens is 3. The molecule has 8 nitrogen and oxygen atoms in total. The molecule has 0 aliphatic carbocycles. The van der Waals surface area contributed by atoms with E-state index in [0.717, 1.165) is 26.0 Å². The number of amides is 1. The van der Waals surface area contributed by atoms with Crippen LogP contribution in [0.4, 0.5) is 5.69 Å². The van der Waals surface area contributed by atoms with Gasteiger partial charge in [0.2, 0.25) is 5.91 Å². The van der Waals surface area contributed by atoms with Gasteiger partial charge in [-0.2, -0.15) is 5.10 Å². The van der Waals surface area contributed by atoms with Crippen molar-refractivity contribution in [3.63, 3.8) is 0 Å². The van der Waals surface area contributed by atoms with Crippen molar-refractivity contribution in [1.29, 1.82) is 0 Å². The number of carbonyl (C=O) groups excluding carboxylic acids is 1. The van der Waals surface area contributed by atoms with E-state index < -0.39 is 5.56 Å². The Balaban J connectivity index is 1.55. The Morgan fingerprint density at radius 1 is 1.03 bits per heavy atom. The summed E-state index contributed by atoms with van der Waals surface area (Å²) in [5.41, 5.74) is 1.81. The molecule has 5 rings (SSSR count). The van der Waals surface area contributed by atoms with Crippen molar-refractivity contribution in [3.05, 3.63) is 76.0 Å². The lowest BCUT2D eigenvalue weighted by atomic mass is 10.1. The molecule has 5 aromatic rings. The molecular formula is C26H22N4O4S. The zero-order valence-electron chi connectivity index (χ0n) is 19.4. The van der Waals surface area contributed by atoms with E-state index in [2.05, 4.69) is 15.4 Å². The van der Waals surface area contributed by atoms with Gasteiger partial charge < -0.3 is 14.8 Å². The minimum Gasteiger partial charge on any atom is -0.493 e. The normalized spacial score (nSPS) is 11.1. The van der Waals surface area contributed by atoms with Gasteiger partial charge in [-0.1, -0.05) is 36.4 Å². The first-order valence-corrected chi connectivity index (χ1v) is 11.7. The first kappa shape index (κ1) is 22.5. The SMILES string of the molecule is COc1ccc(-c2nn(CC(=O)Nc3cccc4ccccc34)c(=O)c3nc(C)sc23)cc1OC. The van der Waals surface area contributed by atoms with Crippen molar-refractivity contribution in [3.8, 4) is 22.8 Å². The first-order chi connectivity index (χ1) is 17.0. The van der Waals surface area contributed by atoms with E-state index in [1.807, 2.05) is 55.5 Å². The second-order valence-corrected chi connectivity index (χ2v) is 9.07. The van der Waals surface area contributed by atoms with E-state index in [-0.39, 0.29) is 18.0 Å². The molecule has 0 saturated carbocycles. The second kappa shape index (κ2) is 9.19. The van der Waals surface area contributed by atoms with Gasteiger partial charge >= 0.3 is 0 Å². The van der Waals surface area contributed by atoms with Crippen molar-refractivity contribution >= 4 is 43.9 Å². The van der Waals surface area contributed by atoms with Crippen LogP contribution in [0.2, 0.25) is 0 Å². The molecule has 176 valence electrons. The van der Waals surface area contributed by atoms with E-state index >= 15 is 0 Å². The number of rotatable bonds is 6. The maximum Gasteiger partial charge on any atom is 0.294 e. The molecule has 0 aliphatic rings. The third-order valence-corrected chi connectivity index (χ3v) is 6.60. The maximum absolute atomic E-state index is 13.2. The summed E-state index contributed by atoms with van der Waals surface area (Å²) in [6.07, 6.45) is 0. The van der Waals surface area contributed by atoms with Gasteiger partial charge in [0, 0.05) is 16.6 Å². The summed E-state index contributed by atoms with van der Waals surface area (Å²) in [5, 5.41) is 10.2. The number of anilines is 1. The molecule has 0 atom stereocenters. The summed E-state index contributed by atoms with van der Waals surface area (Å²) >= 11 is 1.38. The molecular weight excluding hydrogens is 464 g/mol. The highest BCUT2D eigenvalue weighted by molar-refractivity contribution is 7.19. The van der Waals surface area contributed by atoms with Crippen LogP contribution >= 0.6 is 11.3 Å². The number of hydrogen-bond acceptors (Lipinski definition) is 7. The summed E-state index contributed by atoms with van der Waals surface area (Å²) in [7, 11) is 3.12. The third kappa shape index (κ3) is 4.22. The topological polar surface area (TPSA) is 95.3 Å². The fourth-order valence-electron chi connectivity index (χ4n) is 4.01. The zero-order chi connectivity index (χ0) is 24.5. The number of ether oxygens (including phenoxy) is 2. The lowest BCUT2D eigenvalue weighted by molar-refractivity contribution is -0.117. The van der Waals surface area contributed by atoms with Gasteiger partial charge in [0.1, 0.15) is 12.2 Å². The van der Waals surface area contributed by atoms with Crippen molar-refractivity contribution in [2.24, 2.45) is 0 Å². The third-order valence-electron chi connectivity index (χ3n) is 5.62. The molecule has 9 heteroatoms. The molecule has 35 heavy (non-hydrogen) atoms. The molecule has 1 N–H and O–H groups in total. The average Bonchev–Trinajstić information content (AvgIpc) is 3.27. The smallest absolute Gasteiger partial charge is 0.294 e. The Bertz CT molecular complexity index is 1640. The van der Waals surface area contributed by atoms with Gasteiger partial charge in [0.15, 0.2) is 17.0 Å². The maximum atomic E-state index is 13.2. The second-order valence-electron chi connectivity index (χ2n) is 7.87. The molecule has 0 unspecified atom stereocenters. The first-order valence-electron chi connectivity index (χ1n) is 10.9. The molecule has 1 amide bonds. The van der Waals surface area contributed by atoms with Crippen molar-refractivity contribution in [2.45, 2.75) is 13.5 Å². The Hall–Kier alpha value is -4.24. The summed E-state index contributed by atoms with van der Waals surface area (Å²) in [5.74, 6) is 0.754. The standard InChI is InChI=1S/C26H22N4O4S/c1-15-27-24-25(35-15)23(17-11-12-20(33-2)21(13-17)34-3)29-30(26(24)32)14-22(31)28-19-10-6-8-16-7-4-5-9-18(16)19/h4-13H,14H2,1-3H3,(H,28,31). The van der Waals surface area contributed by atoms with E-state index in [0.29, 0.717) is 27.6 Å². The molecule has 0 bridgehead atoms. The van der Waals surface area contributed by atoms with E-state index in [1.165, 1.54) is 11.3 Å². The number of methoxy groups -OCH3 is 2. The zero-order valence-corrected chi connectivity index (χ0v) is 20.2. The molecule has 0 fully saturated rings. The lowest BCUT2D eigenvalue weighted by Crippen LogP contribution is -2.30. The number of benzene rings is 3. The van der Waals surface area contributed by atoms with Crippen LogP contribution in [-0.4, -0.2) is 34.9 Å². The van der Waals surface area contributed by atoms with Gasteiger partial charge in [-0.15, -0.1) is 11.3 Å². The lowest BCUT2D eigenvalue weighted by Gasteiger charge is -2.12. The fourth-order valence-corrected chi connectivity index (χ4v) is 4.92. The Kier molecular flexibility index (Phi) is 5.92. The van der Waals surface area contributed by atoms with Crippen LogP contribution in [0.25, 0.3) is 32.2 Å². The van der Waals surface area contributed by atoms with Crippen LogP contribution in [0.5, 0.6) is 11.5 Å². The summed E-state index contributed by atoms with van der Waals surface area (Å²) < 4.78 is 12.6. The van der Waals surface area contributed by atoms with Crippen LogP contribution in [0, 0.1) is 6.92 Å². The average molecular weight is 487 g/mol. The van der Waals surface area contributed by atoms with E-state index in [9.17, 15) is 9.59 Å². The van der Waals surface area contributed by atoms with E-state index in [1.54, 1.807) is 26.4 Å². The van der Waals surface area contributed by atoms with Crippen LogP contribution in [0.3, 0.4) is 0 Å². The van der Waals surface area contributed by atoms with Crippen molar-refractivity contribution in [2.75, 3.05) is 19.5 Å². The fraction of sp³-hybridized carbons (Fsp3) is 0.154.